The van der Waals surface area contributed by atoms with Crippen LogP contribution in [-0.4, -0.2) is 39.5 Å². The van der Waals surface area contributed by atoms with Crippen LogP contribution in [0.25, 0.3) is 0 Å². The molecular formula is C22H26N8O2S. The number of fused-ring (bicyclic) bond motifs is 1. The molecule has 1 aliphatic rings. The minimum atomic E-state index is -0.457. The van der Waals surface area contributed by atoms with E-state index in [0.717, 1.165) is 35.0 Å². The van der Waals surface area contributed by atoms with Gasteiger partial charge in [0.15, 0.2) is 5.13 Å². The monoisotopic (exact) mass is 466 g/mol. The lowest BCUT2D eigenvalue weighted by atomic mass is 10.1. The maximum atomic E-state index is 12.6. The quantitative estimate of drug-likeness (QED) is 0.453. The molecule has 1 aliphatic heterocycles. The number of nitrogens with two attached hydrogens (primary N) is 1. The fourth-order valence-corrected chi connectivity index (χ4v) is 4.58. The average molecular weight is 467 g/mol. The fraction of sp³-hybridized carbons (Fsp3) is 0.318. The summed E-state index contributed by atoms with van der Waals surface area (Å²) in [6.45, 7) is 7.02. The molecule has 3 amide bonds. The van der Waals surface area contributed by atoms with Crippen molar-refractivity contribution in [2.75, 3.05) is 27.8 Å². The first-order chi connectivity index (χ1) is 15.8. The molecule has 33 heavy (non-hydrogen) atoms. The summed E-state index contributed by atoms with van der Waals surface area (Å²) in [5.41, 5.74) is 8.40. The van der Waals surface area contributed by atoms with Gasteiger partial charge in [0.05, 0.1) is 23.5 Å². The third kappa shape index (κ3) is 5.37. The van der Waals surface area contributed by atoms with Gasteiger partial charge < -0.3 is 21.3 Å². The number of thiazole rings is 1. The van der Waals surface area contributed by atoms with Gasteiger partial charge in [0.1, 0.15) is 5.82 Å². The molecule has 0 fully saturated rings. The van der Waals surface area contributed by atoms with Crippen molar-refractivity contribution < 1.29 is 9.59 Å². The van der Waals surface area contributed by atoms with Crippen LogP contribution in [0.15, 0.2) is 30.3 Å². The van der Waals surface area contributed by atoms with Crippen molar-refractivity contribution >= 4 is 45.9 Å². The maximum Gasteiger partial charge on any atom is 0.325 e. The van der Waals surface area contributed by atoms with Crippen LogP contribution in [0.4, 0.5) is 27.4 Å². The summed E-state index contributed by atoms with van der Waals surface area (Å²) in [6.07, 6.45) is 0.732. The van der Waals surface area contributed by atoms with Crippen LogP contribution in [0, 0.1) is 6.92 Å². The SMILES string of the molecule is Cc1cc(N2CCc3nc(NC(=O)Nc4ccccc4C(=O)NC(C)C)sc3C2)nc(N)n1. The van der Waals surface area contributed by atoms with Crippen LogP contribution >= 0.6 is 11.3 Å². The second kappa shape index (κ2) is 9.41. The highest BCUT2D eigenvalue weighted by atomic mass is 32.1. The number of anilines is 4. The summed E-state index contributed by atoms with van der Waals surface area (Å²) >= 11 is 1.42. The van der Waals surface area contributed by atoms with E-state index < -0.39 is 6.03 Å². The topological polar surface area (TPSA) is 138 Å². The second-order valence-corrected chi connectivity index (χ2v) is 9.12. The number of nitrogen functional groups attached to an aromatic ring is 1. The Labute approximate surface area is 195 Å². The number of amides is 3. The Balaban J connectivity index is 1.43. The van der Waals surface area contributed by atoms with Crippen molar-refractivity contribution in [3.8, 4) is 0 Å². The fourth-order valence-electron chi connectivity index (χ4n) is 3.56. The molecule has 0 saturated carbocycles. The maximum absolute atomic E-state index is 12.6. The Morgan fingerprint density at radius 2 is 1.94 bits per heavy atom. The molecule has 0 radical (unpaired) electrons. The Hall–Kier alpha value is -3.73. The molecule has 0 atom stereocenters. The van der Waals surface area contributed by atoms with Crippen LogP contribution in [0.3, 0.4) is 0 Å². The van der Waals surface area contributed by atoms with Crippen molar-refractivity contribution in [3.63, 3.8) is 0 Å². The lowest BCUT2D eigenvalue weighted by Gasteiger charge is -2.27. The van der Waals surface area contributed by atoms with Crippen molar-refractivity contribution in [2.45, 2.75) is 39.8 Å². The van der Waals surface area contributed by atoms with Crippen LogP contribution in [0.1, 0.15) is 40.5 Å². The van der Waals surface area contributed by atoms with Gasteiger partial charge in [-0.1, -0.05) is 23.5 Å². The smallest absolute Gasteiger partial charge is 0.325 e. The molecule has 0 aliphatic carbocycles. The standard InChI is InChI=1S/C22H26N8O2S/c1-12(2)24-19(31)14-6-4-5-7-15(14)26-21(32)29-22-27-16-8-9-30(11-17(16)33-22)18-10-13(3)25-20(23)28-18/h4-7,10,12H,8-9,11H2,1-3H3,(H,24,31)(H2,23,25,28)(H2,26,27,29,32). The lowest BCUT2D eigenvalue weighted by molar-refractivity contribution is 0.0944. The number of nitrogens with one attached hydrogen (secondary N) is 3. The van der Waals surface area contributed by atoms with Gasteiger partial charge in [-0.25, -0.2) is 14.8 Å². The molecule has 5 N–H and O–H groups in total. The average Bonchev–Trinajstić information content (AvgIpc) is 3.14. The number of aromatic nitrogens is 3. The van der Waals surface area contributed by atoms with Crippen LogP contribution in [-0.2, 0) is 13.0 Å². The zero-order chi connectivity index (χ0) is 23.5. The molecule has 0 spiro atoms. The summed E-state index contributed by atoms with van der Waals surface area (Å²) in [6, 6.07) is 8.32. The minimum Gasteiger partial charge on any atom is -0.368 e. The third-order valence-corrected chi connectivity index (χ3v) is 5.97. The number of benzene rings is 1. The van der Waals surface area contributed by atoms with Gasteiger partial charge in [0.2, 0.25) is 5.95 Å². The Kier molecular flexibility index (Phi) is 6.40. The number of hydrogen-bond acceptors (Lipinski definition) is 8. The highest BCUT2D eigenvalue weighted by molar-refractivity contribution is 7.15. The molecule has 3 heterocycles. The predicted octanol–water partition coefficient (Wildman–Crippen LogP) is 3.17. The van der Waals surface area contributed by atoms with Gasteiger partial charge >= 0.3 is 6.03 Å². The van der Waals surface area contributed by atoms with E-state index in [1.807, 2.05) is 26.8 Å². The van der Waals surface area contributed by atoms with Gasteiger partial charge in [-0.3, -0.25) is 10.1 Å². The number of hydrogen-bond donors (Lipinski definition) is 4. The molecule has 3 aromatic rings. The molecule has 0 unspecified atom stereocenters. The molecule has 2 aromatic heterocycles. The summed E-state index contributed by atoms with van der Waals surface area (Å²) in [5, 5.41) is 8.88. The van der Waals surface area contributed by atoms with E-state index in [2.05, 4.69) is 35.8 Å². The van der Waals surface area contributed by atoms with E-state index in [1.165, 1.54) is 11.3 Å². The summed E-state index contributed by atoms with van der Waals surface area (Å²) in [4.78, 5) is 41.3. The van der Waals surface area contributed by atoms with E-state index in [-0.39, 0.29) is 17.9 Å². The first kappa shape index (κ1) is 22.5. The number of rotatable bonds is 5. The zero-order valence-electron chi connectivity index (χ0n) is 18.7. The van der Waals surface area contributed by atoms with Crippen molar-refractivity contribution in [3.05, 3.63) is 52.2 Å². The molecular weight excluding hydrogens is 440 g/mol. The summed E-state index contributed by atoms with van der Waals surface area (Å²) in [5.74, 6) is 0.787. The number of carbonyl (C=O) groups excluding carboxylic acids is 2. The molecule has 1 aromatic carbocycles. The van der Waals surface area contributed by atoms with E-state index in [9.17, 15) is 9.59 Å². The van der Waals surface area contributed by atoms with Crippen molar-refractivity contribution in [1.29, 1.82) is 0 Å². The van der Waals surface area contributed by atoms with Gasteiger partial charge in [-0.05, 0) is 32.9 Å². The summed E-state index contributed by atoms with van der Waals surface area (Å²) < 4.78 is 0. The highest BCUT2D eigenvalue weighted by Crippen LogP contribution is 2.30. The Bertz CT molecular complexity index is 1170. The normalized spacial score (nSPS) is 12.9. The van der Waals surface area contributed by atoms with E-state index in [1.54, 1.807) is 24.3 Å². The first-order valence-electron chi connectivity index (χ1n) is 10.6. The first-order valence-corrected chi connectivity index (χ1v) is 11.4. The number of aryl methyl sites for hydroxylation is 1. The predicted molar refractivity (Wildman–Crippen MR) is 130 cm³/mol. The van der Waals surface area contributed by atoms with Gasteiger partial charge in [0.25, 0.3) is 5.91 Å². The van der Waals surface area contributed by atoms with Crippen LogP contribution in [0.5, 0.6) is 0 Å². The molecule has 4 rings (SSSR count). The van der Waals surface area contributed by atoms with Crippen LogP contribution < -0.4 is 26.6 Å². The van der Waals surface area contributed by atoms with Gasteiger partial charge in [0, 0.05) is 35.6 Å². The van der Waals surface area contributed by atoms with Gasteiger partial charge in [-0.15, -0.1) is 0 Å². The number of nitrogens with zero attached hydrogens (tertiary/aromatic N) is 4. The molecule has 10 nitrogen and oxygen atoms in total. The molecule has 11 heteroatoms. The summed E-state index contributed by atoms with van der Waals surface area (Å²) in [7, 11) is 0. The number of para-hydroxylation sites is 1. The van der Waals surface area contributed by atoms with E-state index in [4.69, 9.17) is 5.73 Å². The Morgan fingerprint density at radius 1 is 1.15 bits per heavy atom. The number of carbonyl (C=O) groups is 2. The van der Waals surface area contributed by atoms with E-state index >= 15 is 0 Å². The van der Waals surface area contributed by atoms with Crippen molar-refractivity contribution in [1.82, 2.24) is 20.3 Å². The third-order valence-electron chi connectivity index (χ3n) is 4.97. The largest absolute Gasteiger partial charge is 0.368 e. The molecule has 172 valence electrons. The Morgan fingerprint density at radius 3 is 2.70 bits per heavy atom. The highest BCUT2D eigenvalue weighted by Gasteiger charge is 2.23. The van der Waals surface area contributed by atoms with Crippen LogP contribution in [0.2, 0.25) is 0 Å². The number of urea groups is 1. The van der Waals surface area contributed by atoms with E-state index in [0.29, 0.717) is 22.9 Å². The lowest BCUT2D eigenvalue weighted by Crippen LogP contribution is -2.31. The second-order valence-electron chi connectivity index (χ2n) is 8.04. The van der Waals surface area contributed by atoms with Crippen molar-refractivity contribution in [2.24, 2.45) is 0 Å². The molecule has 0 bridgehead atoms. The zero-order valence-corrected chi connectivity index (χ0v) is 19.5. The van der Waals surface area contributed by atoms with Gasteiger partial charge in [-0.2, -0.15) is 4.98 Å². The molecule has 0 saturated heterocycles. The minimum absolute atomic E-state index is 0.0108.